The summed E-state index contributed by atoms with van der Waals surface area (Å²) in [5.74, 6) is 0. The fourth-order valence-corrected chi connectivity index (χ4v) is 2.21. The molecule has 1 rings (SSSR count). The van der Waals surface area contributed by atoms with Gasteiger partial charge in [0, 0.05) is 5.41 Å². The Morgan fingerprint density at radius 1 is 1.27 bits per heavy atom. The fraction of sp³-hybridized carbons (Fsp3) is 0.400. The van der Waals surface area contributed by atoms with Crippen molar-refractivity contribution in [2.24, 2.45) is 0 Å². The summed E-state index contributed by atoms with van der Waals surface area (Å²) in [6.07, 6.45) is 0. The molecule has 0 spiro atoms. The molecule has 1 aromatic rings. The molecule has 0 aliphatic carbocycles. The second kappa shape index (κ2) is 3.92. The molecule has 0 fully saturated rings. The van der Waals surface area contributed by atoms with Crippen LogP contribution >= 0.6 is 0 Å². The zero-order valence-electron chi connectivity index (χ0n) is 8.64. The lowest BCUT2D eigenvalue weighted by molar-refractivity contribution is 0.216. The third-order valence-electron chi connectivity index (χ3n) is 2.29. The third kappa shape index (κ3) is 2.56. The Morgan fingerprint density at radius 3 is 2.27 bits per heavy atom. The van der Waals surface area contributed by atoms with Crippen molar-refractivity contribution >= 4 is 10.1 Å². The molecule has 0 saturated carbocycles. The SMILES string of the molecule is CC(C)(CO)c1ccccc1S(=O)(=O)O. The van der Waals surface area contributed by atoms with Gasteiger partial charge in [-0.2, -0.15) is 8.42 Å². The molecule has 15 heavy (non-hydrogen) atoms. The van der Waals surface area contributed by atoms with Crippen molar-refractivity contribution in [2.75, 3.05) is 6.61 Å². The predicted molar refractivity (Wildman–Crippen MR) is 56.4 cm³/mol. The maximum absolute atomic E-state index is 11.1. The molecular weight excluding hydrogens is 216 g/mol. The first-order chi connectivity index (χ1) is 6.79. The normalized spacial score (nSPS) is 12.8. The third-order valence-corrected chi connectivity index (χ3v) is 3.20. The van der Waals surface area contributed by atoms with E-state index in [2.05, 4.69) is 0 Å². The molecule has 0 unspecified atom stereocenters. The van der Waals surface area contributed by atoms with Crippen LogP contribution in [0.3, 0.4) is 0 Å². The summed E-state index contributed by atoms with van der Waals surface area (Å²) in [4.78, 5) is -0.149. The quantitative estimate of drug-likeness (QED) is 0.765. The van der Waals surface area contributed by atoms with Crippen LogP contribution in [0.1, 0.15) is 19.4 Å². The van der Waals surface area contributed by atoms with Crippen molar-refractivity contribution in [1.29, 1.82) is 0 Å². The zero-order chi connectivity index (χ0) is 11.7. The second-order valence-electron chi connectivity index (χ2n) is 4.01. The number of hydrogen-bond donors (Lipinski definition) is 2. The van der Waals surface area contributed by atoms with Crippen molar-refractivity contribution in [1.82, 2.24) is 0 Å². The van der Waals surface area contributed by atoms with Gasteiger partial charge in [-0.25, -0.2) is 0 Å². The van der Waals surface area contributed by atoms with E-state index in [9.17, 15) is 8.42 Å². The molecule has 0 aliphatic heterocycles. The minimum absolute atomic E-state index is 0.149. The fourth-order valence-electron chi connectivity index (χ4n) is 1.34. The molecule has 0 aromatic heterocycles. The number of hydrogen-bond acceptors (Lipinski definition) is 3. The van der Waals surface area contributed by atoms with E-state index in [1.54, 1.807) is 26.0 Å². The van der Waals surface area contributed by atoms with Gasteiger partial charge in [-0.15, -0.1) is 0 Å². The van der Waals surface area contributed by atoms with Crippen LogP contribution in [-0.2, 0) is 15.5 Å². The summed E-state index contributed by atoms with van der Waals surface area (Å²) in [5.41, 5.74) is -0.290. The number of rotatable bonds is 3. The van der Waals surface area contributed by atoms with Crippen LogP contribution in [0.2, 0.25) is 0 Å². The van der Waals surface area contributed by atoms with Crippen LogP contribution in [-0.4, -0.2) is 24.7 Å². The molecule has 0 amide bonds. The van der Waals surface area contributed by atoms with E-state index < -0.39 is 15.5 Å². The average molecular weight is 230 g/mol. The molecule has 0 bridgehead atoms. The monoisotopic (exact) mass is 230 g/mol. The van der Waals surface area contributed by atoms with E-state index in [0.29, 0.717) is 5.56 Å². The highest BCUT2D eigenvalue weighted by Gasteiger charge is 2.26. The van der Waals surface area contributed by atoms with Gasteiger partial charge in [-0.3, -0.25) is 4.55 Å². The van der Waals surface area contributed by atoms with Crippen LogP contribution in [0.5, 0.6) is 0 Å². The van der Waals surface area contributed by atoms with Crippen LogP contribution in [0.4, 0.5) is 0 Å². The van der Waals surface area contributed by atoms with Crippen molar-refractivity contribution in [3.8, 4) is 0 Å². The molecule has 0 aliphatic rings. The van der Waals surface area contributed by atoms with Gasteiger partial charge in [0.05, 0.1) is 11.5 Å². The summed E-state index contributed by atoms with van der Waals surface area (Å²) in [6, 6.07) is 6.10. The number of aliphatic hydroxyl groups excluding tert-OH is 1. The standard InChI is InChI=1S/C10H14O4S/c1-10(2,7-11)8-5-3-4-6-9(8)15(12,13)14/h3-6,11H,7H2,1-2H3,(H,12,13,14). The number of aliphatic hydroxyl groups is 1. The van der Waals surface area contributed by atoms with Gasteiger partial charge in [-0.1, -0.05) is 32.0 Å². The molecule has 0 atom stereocenters. The van der Waals surface area contributed by atoms with Crippen LogP contribution < -0.4 is 0 Å². The van der Waals surface area contributed by atoms with E-state index in [4.69, 9.17) is 9.66 Å². The molecule has 84 valence electrons. The molecule has 2 N–H and O–H groups in total. The van der Waals surface area contributed by atoms with E-state index in [-0.39, 0.29) is 11.5 Å². The number of benzene rings is 1. The first kappa shape index (κ1) is 12.2. The topological polar surface area (TPSA) is 74.6 Å². The molecule has 0 saturated heterocycles. The van der Waals surface area contributed by atoms with Crippen LogP contribution in [0.15, 0.2) is 29.2 Å². The summed E-state index contributed by atoms with van der Waals surface area (Å²) < 4.78 is 31.2. The van der Waals surface area contributed by atoms with Gasteiger partial charge in [0.15, 0.2) is 0 Å². The second-order valence-corrected chi connectivity index (χ2v) is 5.40. The molecule has 0 radical (unpaired) electrons. The molecule has 0 heterocycles. The predicted octanol–water partition coefficient (Wildman–Crippen LogP) is 1.20. The molecule has 5 heteroatoms. The Hall–Kier alpha value is -0.910. The first-order valence-corrected chi connectivity index (χ1v) is 5.91. The molecule has 4 nitrogen and oxygen atoms in total. The molecule has 1 aromatic carbocycles. The Balaban J connectivity index is 3.44. The first-order valence-electron chi connectivity index (χ1n) is 4.47. The zero-order valence-corrected chi connectivity index (χ0v) is 9.45. The minimum Gasteiger partial charge on any atom is -0.395 e. The van der Waals surface area contributed by atoms with Crippen LogP contribution in [0, 0.1) is 0 Å². The van der Waals surface area contributed by atoms with Crippen LogP contribution in [0.25, 0.3) is 0 Å². The summed E-state index contributed by atoms with van der Waals surface area (Å²) in [7, 11) is -4.24. The van der Waals surface area contributed by atoms with E-state index in [1.165, 1.54) is 12.1 Å². The lowest BCUT2D eigenvalue weighted by Gasteiger charge is -2.24. The maximum atomic E-state index is 11.1. The molecular formula is C10H14O4S. The Morgan fingerprint density at radius 2 is 1.80 bits per heavy atom. The van der Waals surface area contributed by atoms with E-state index in [0.717, 1.165) is 0 Å². The summed E-state index contributed by atoms with van der Waals surface area (Å²) in [6.45, 7) is 3.22. The lowest BCUT2D eigenvalue weighted by atomic mass is 9.86. The minimum atomic E-state index is -4.24. The average Bonchev–Trinajstić information content (AvgIpc) is 2.16. The highest BCUT2D eigenvalue weighted by molar-refractivity contribution is 7.85. The van der Waals surface area contributed by atoms with Gasteiger partial charge in [-0.05, 0) is 11.6 Å². The maximum Gasteiger partial charge on any atom is 0.294 e. The Kier molecular flexibility index (Phi) is 3.18. The van der Waals surface area contributed by atoms with Gasteiger partial charge in [0.25, 0.3) is 10.1 Å². The van der Waals surface area contributed by atoms with Gasteiger partial charge < -0.3 is 5.11 Å². The largest absolute Gasteiger partial charge is 0.395 e. The van der Waals surface area contributed by atoms with Crippen molar-refractivity contribution in [3.63, 3.8) is 0 Å². The summed E-state index contributed by atoms with van der Waals surface area (Å²) in [5, 5.41) is 9.16. The highest BCUT2D eigenvalue weighted by Crippen LogP contribution is 2.28. The van der Waals surface area contributed by atoms with Crippen molar-refractivity contribution in [3.05, 3.63) is 29.8 Å². The Bertz CT molecular complexity index is 448. The smallest absolute Gasteiger partial charge is 0.294 e. The van der Waals surface area contributed by atoms with E-state index >= 15 is 0 Å². The lowest BCUT2D eigenvalue weighted by Crippen LogP contribution is -2.24. The van der Waals surface area contributed by atoms with Gasteiger partial charge in [0.2, 0.25) is 0 Å². The highest BCUT2D eigenvalue weighted by atomic mass is 32.2. The van der Waals surface area contributed by atoms with Gasteiger partial charge >= 0.3 is 0 Å². The Labute approximate surface area is 89.3 Å². The van der Waals surface area contributed by atoms with Crippen molar-refractivity contribution in [2.45, 2.75) is 24.2 Å². The van der Waals surface area contributed by atoms with Gasteiger partial charge in [0.1, 0.15) is 0 Å². The van der Waals surface area contributed by atoms with Crippen molar-refractivity contribution < 1.29 is 18.1 Å². The van der Waals surface area contributed by atoms with E-state index in [1.807, 2.05) is 0 Å². The summed E-state index contributed by atoms with van der Waals surface area (Å²) >= 11 is 0.